The number of hydrogen-bond acceptors (Lipinski definition) is 2. The van der Waals surface area contributed by atoms with Gasteiger partial charge in [0.25, 0.3) is 0 Å². The van der Waals surface area contributed by atoms with Crippen LogP contribution in [0.2, 0.25) is 5.02 Å². The first-order valence-corrected chi connectivity index (χ1v) is 7.72. The molecule has 1 fully saturated rings. The topological polar surface area (TPSA) is 29.3 Å². The van der Waals surface area contributed by atoms with Crippen LogP contribution in [0.3, 0.4) is 0 Å². The van der Waals surface area contributed by atoms with Crippen LogP contribution in [0.15, 0.2) is 22.7 Å². The fourth-order valence-electron chi connectivity index (χ4n) is 2.67. The minimum atomic E-state index is 0. The number of hydrogen-bond donors (Lipinski definition) is 1. The summed E-state index contributed by atoms with van der Waals surface area (Å²) < 4.78 is 1.09. The predicted octanol–water partition coefficient (Wildman–Crippen LogP) is 4.09. The van der Waals surface area contributed by atoms with Crippen molar-refractivity contribution >= 4 is 39.9 Å². The van der Waals surface area contributed by atoms with Crippen LogP contribution in [-0.4, -0.2) is 24.5 Å². The number of piperidine rings is 1. The molecule has 0 amide bonds. The van der Waals surface area contributed by atoms with E-state index in [-0.39, 0.29) is 12.4 Å². The molecule has 19 heavy (non-hydrogen) atoms. The van der Waals surface area contributed by atoms with Crippen molar-refractivity contribution in [2.24, 2.45) is 11.7 Å². The van der Waals surface area contributed by atoms with E-state index in [1.54, 1.807) is 0 Å². The van der Waals surface area contributed by atoms with Gasteiger partial charge in [-0.25, -0.2) is 0 Å². The Morgan fingerprint density at radius 2 is 2.21 bits per heavy atom. The molecule has 5 heteroatoms. The van der Waals surface area contributed by atoms with Crippen molar-refractivity contribution in [3.8, 4) is 0 Å². The van der Waals surface area contributed by atoms with Gasteiger partial charge < -0.3 is 5.73 Å². The molecule has 1 aromatic rings. The van der Waals surface area contributed by atoms with Crippen molar-refractivity contribution in [3.05, 3.63) is 33.3 Å². The largest absolute Gasteiger partial charge is 0.330 e. The Balaban J connectivity index is 0.00000180. The van der Waals surface area contributed by atoms with Gasteiger partial charge in [0.2, 0.25) is 0 Å². The quantitative estimate of drug-likeness (QED) is 0.868. The van der Waals surface area contributed by atoms with E-state index < -0.39 is 0 Å². The van der Waals surface area contributed by atoms with Crippen LogP contribution in [0, 0.1) is 5.92 Å². The molecule has 2 nitrogen and oxygen atoms in total. The zero-order chi connectivity index (χ0) is 13.0. The maximum atomic E-state index is 6.25. The van der Waals surface area contributed by atoms with Gasteiger partial charge in [0, 0.05) is 22.6 Å². The molecule has 0 bridgehead atoms. The maximum absolute atomic E-state index is 6.25. The number of likely N-dealkylation sites (tertiary alicyclic amines) is 1. The van der Waals surface area contributed by atoms with Crippen molar-refractivity contribution in [1.82, 2.24) is 4.90 Å². The van der Waals surface area contributed by atoms with Gasteiger partial charge >= 0.3 is 0 Å². The van der Waals surface area contributed by atoms with Crippen molar-refractivity contribution in [3.63, 3.8) is 0 Å². The third-order valence-electron chi connectivity index (χ3n) is 3.58. The summed E-state index contributed by atoms with van der Waals surface area (Å²) in [4.78, 5) is 2.50. The van der Waals surface area contributed by atoms with Crippen LogP contribution in [0.4, 0.5) is 0 Å². The van der Waals surface area contributed by atoms with Gasteiger partial charge in [-0.2, -0.15) is 0 Å². The van der Waals surface area contributed by atoms with Crippen LogP contribution in [0.1, 0.15) is 24.8 Å². The third-order valence-corrected chi connectivity index (χ3v) is 4.44. The second kappa shape index (κ2) is 8.48. The Labute approximate surface area is 135 Å². The second-order valence-corrected chi connectivity index (χ2v) is 6.38. The lowest BCUT2D eigenvalue weighted by molar-refractivity contribution is 0.163. The zero-order valence-electron chi connectivity index (χ0n) is 10.9. The van der Waals surface area contributed by atoms with Crippen LogP contribution in [0.25, 0.3) is 0 Å². The minimum Gasteiger partial charge on any atom is -0.330 e. The number of benzene rings is 1. The lowest BCUT2D eigenvalue weighted by Crippen LogP contribution is -2.35. The first-order valence-electron chi connectivity index (χ1n) is 6.55. The van der Waals surface area contributed by atoms with E-state index in [4.69, 9.17) is 17.3 Å². The highest BCUT2D eigenvalue weighted by atomic mass is 79.9. The van der Waals surface area contributed by atoms with Crippen LogP contribution >= 0.6 is 39.9 Å². The van der Waals surface area contributed by atoms with Gasteiger partial charge in [0.15, 0.2) is 0 Å². The number of rotatable bonds is 4. The molecular formula is C14H21BrCl2N2. The summed E-state index contributed by atoms with van der Waals surface area (Å²) in [6.07, 6.45) is 3.74. The molecule has 0 spiro atoms. The van der Waals surface area contributed by atoms with E-state index in [9.17, 15) is 0 Å². The molecule has 1 atom stereocenters. The normalized spacial score (nSPS) is 20.1. The number of nitrogens with two attached hydrogens (primary N) is 1. The number of halogens is 3. The molecule has 1 saturated heterocycles. The third kappa shape index (κ3) is 5.24. The molecule has 1 heterocycles. The molecule has 0 radical (unpaired) electrons. The molecule has 2 N–H and O–H groups in total. The Kier molecular flexibility index (Phi) is 7.70. The van der Waals surface area contributed by atoms with Gasteiger partial charge in [-0.3, -0.25) is 4.90 Å². The first kappa shape index (κ1) is 17.3. The molecule has 1 unspecified atom stereocenters. The predicted molar refractivity (Wildman–Crippen MR) is 88.1 cm³/mol. The Hall–Kier alpha value is 0.200. The summed E-state index contributed by atoms with van der Waals surface area (Å²) in [5, 5.41) is 0.860. The zero-order valence-corrected chi connectivity index (χ0v) is 14.1. The molecule has 1 aliphatic rings. The summed E-state index contributed by atoms with van der Waals surface area (Å²) in [5.41, 5.74) is 6.86. The summed E-state index contributed by atoms with van der Waals surface area (Å²) in [6.45, 7) is 4.07. The van der Waals surface area contributed by atoms with Gasteiger partial charge in [0.05, 0.1) is 0 Å². The van der Waals surface area contributed by atoms with Crippen LogP contribution in [0.5, 0.6) is 0 Å². The monoisotopic (exact) mass is 366 g/mol. The summed E-state index contributed by atoms with van der Waals surface area (Å²) in [5.74, 6) is 0.759. The van der Waals surface area contributed by atoms with E-state index >= 15 is 0 Å². The van der Waals surface area contributed by atoms with Gasteiger partial charge in [0.1, 0.15) is 0 Å². The van der Waals surface area contributed by atoms with E-state index in [1.807, 2.05) is 12.1 Å². The highest BCUT2D eigenvalue weighted by Crippen LogP contribution is 2.25. The SMILES string of the molecule is Cl.NCCC1CCCN(Cc2cc(Br)ccc2Cl)C1. The molecule has 0 aromatic heterocycles. The highest BCUT2D eigenvalue weighted by molar-refractivity contribution is 9.10. The van der Waals surface area contributed by atoms with E-state index in [2.05, 4.69) is 26.9 Å². The molecule has 1 aliphatic heterocycles. The molecule has 1 aromatic carbocycles. The number of nitrogens with zero attached hydrogens (tertiary/aromatic N) is 1. The lowest BCUT2D eigenvalue weighted by atomic mass is 9.94. The maximum Gasteiger partial charge on any atom is 0.0451 e. The molecule has 108 valence electrons. The van der Waals surface area contributed by atoms with Crippen molar-refractivity contribution in [2.75, 3.05) is 19.6 Å². The standard InChI is InChI=1S/C14H20BrClN2.ClH/c15-13-3-4-14(16)12(8-13)10-18-7-1-2-11(9-18)5-6-17;/h3-4,8,11H,1-2,5-7,9-10,17H2;1H. The molecule has 2 rings (SSSR count). The van der Waals surface area contributed by atoms with Gasteiger partial charge in [-0.05, 0) is 62.0 Å². The molecular weight excluding hydrogens is 347 g/mol. The Morgan fingerprint density at radius 1 is 1.42 bits per heavy atom. The van der Waals surface area contributed by atoms with Crippen LogP contribution < -0.4 is 5.73 Å². The Bertz CT molecular complexity index is 399. The molecule has 0 aliphatic carbocycles. The minimum absolute atomic E-state index is 0. The van der Waals surface area contributed by atoms with Gasteiger partial charge in [-0.1, -0.05) is 27.5 Å². The average molecular weight is 368 g/mol. The second-order valence-electron chi connectivity index (χ2n) is 5.06. The Morgan fingerprint density at radius 3 is 2.95 bits per heavy atom. The smallest absolute Gasteiger partial charge is 0.0451 e. The van der Waals surface area contributed by atoms with E-state index in [1.165, 1.54) is 24.9 Å². The summed E-state index contributed by atoms with van der Waals surface area (Å²) >= 11 is 9.75. The fourth-order valence-corrected chi connectivity index (χ4v) is 3.26. The summed E-state index contributed by atoms with van der Waals surface area (Å²) in [6, 6.07) is 6.07. The molecule has 0 saturated carbocycles. The van der Waals surface area contributed by atoms with Crippen molar-refractivity contribution in [2.45, 2.75) is 25.8 Å². The van der Waals surface area contributed by atoms with Crippen LogP contribution in [-0.2, 0) is 6.54 Å². The summed E-state index contributed by atoms with van der Waals surface area (Å²) in [7, 11) is 0. The van der Waals surface area contributed by atoms with Gasteiger partial charge in [-0.15, -0.1) is 12.4 Å². The highest BCUT2D eigenvalue weighted by Gasteiger charge is 2.19. The average Bonchev–Trinajstić information content (AvgIpc) is 2.35. The fraction of sp³-hybridized carbons (Fsp3) is 0.571. The lowest BCUT2D eigenvalue weighted by Gasteiger charge is -2.32. The first-order chi connectivity index (χ1) is 8.69. The van der Waals surface area contributed by atoms with E-state index in [0.717, 1.165) is 41.5 Å². The van der Waals surface area contributed by atoms with E-state index in [0.29, 0.717) is 0 Å². The van der Waals surface area contributed by atoms with Crippen molar-refractivity contribution < 1.29 is 0 Å². The van der Waals surface area contributed by atoms with Crippen molar-refractivity contribution in [1.29, 1.82) is 0 Å².